The van der Waals surface area contributed by atoms with Crippen LogP contribution in [0.25, 0.3) is 0 Å². The molecule has 0 aliphatic heterocycles. The summed E-state index contributed by atoms with van der Waals surface area (Å²) in [6.45, 7) is 0.972. The van der Waals surface area contributed by atoms with Crippen LogP contribution < -0.4 is 5.11 Å². The molecule has 0 unspecified atom stereocenters. The first-order chi connectivity index (χ1) is 1.73. The molecule has 0 aliphatic carbocycles. The van der Waals surface area contributed by atoms with Gasteiger partial charge in [-0.25, -0.2) is 0 Å². The molecule has 0 heterocycles. The summed E-state index contributed by atoms with van der Waals surface area (Å²) >= 11 is 0. The number of carbonyl (C=O) groups is 1. The van der Waals surface area contributed by atoms with Gasteiger partial charge in [0.25, 0.3) is 0 Å². The van der Waals surface area contributed by atoms with Gasteiger partial charge in [-0.15, -0.1) is 0 Å². The molecular formula is C2H7CuO4. The van der Waals surface area contributed by atoms with Crippen molar-refractivity contribution in [2.45, 2.75) is 6.92 Å². The third kappa shape index (κ3) is 11000. The summed E-state index contributed by atoms with van der Waals surface area (Å²) in [5.41, 5.74) is 0. The molecule has 0 aromatic heterocycles. The molecule has 0 aliphatic rings. The Balaban J connectivity index is -0.0000000150. The Kier molecular flexibility index (Phi) is 68.5. The second-order valence-electron chi connectivity index (χ2n) is 0.492. The Morgan fingerprint density at radius 2 is 1.43 bits per heavy atom. The average Bonchev–Trinajstić information content (AvgIpc) is 0.811. The molecule has 5 heteroatoms. The Morgan fingerprint density at radius 3 is 1.43 bits per heavy atom. The van der Waals surface area contributed by atoms with Crippen molar-refractivity contribution < 1.29 is 37.9 Å². The summed E-state index contributed by atoms with van der Waals surface area (Å²) in [5, 5.41) is 8.89. The van der Waals surface area contributed by atoms with E-state index in [1.54, 1.807) is 0 Å². The van der Waals surface area contributed by atoms with Crippen molar-refractivity contribution in [1.29, 1.82) is 0 Å². The fourth-order valence-electron chi connectivity index (χ4n) is 0. The van der Waals surface area contributed by atoms with Crippen LogP contribution in [0, 0.1) is 0 Å². The van der Waals surface area contributed by atoms with Gasteiger partial charge >= 0.3 is 17.1 Å². The molecule has 0 saturated heterocycles. The van der Waals surface area contributed by atoms with Crippen LogP contribution in [-0.2, 0) is 21.9 Å². The van der Waals surface area contributed by atoms with E-state index in [0.717, 1.165) is 6.92 Å². The number of hydrogen-bond acceptors (Lipinski definition) is 2. The van der Waals surface area contributed by atoms with E-state index in [-0.39, 0.29) is 28.0 Å². The summed E-state index contributed by atoms with van der Waals surface area (Å²) in [7, 11) is 0. The van der Waals surface area contributed by atoms with Crippen LogP contribution in [0.5, 0.6) is 0 Å². The number of carboxylic acid groups (broad SMARTS) is 1. The summed E-state index contributed by atoms with van der Waals surface area (Å²) in [6, 6.07) is 0. The smallest absolute Gasteiger partial charge is 0.550 e. The monoisotopic (exact) mass is 158 g/mol. The maximum Gasteiger partial charge on any atom is 1.00 e. The first-order valence-corrected chi connectivity index (χ1v) is 0.908. The molecular weight excluding hydrogens is 152 g/mol. The zero-order valence-electron chi connectivity index (χ0n) is 3.62. The van der Waals surface area contributed by atoms with Gasteiger partial charge in [0, 0.05) is 5.97 Å². The minimum absolute atomic E-state index is 0. The molecule has 0 fully saturated rings. The van der Waals surface area contributed by atoms with Gasteiger partial charge in [-0.3, -0.25) is 0 Å². The van der Waals surface area contributed by atoms with Gasteiger partial charge in [0.05, 0.1) is 0 Å². The van der Waals surface area contributed by atoms with Gasteiger partial charge in [0.1, 0.15) is 0 Å². The van der Waals surface area contributed by atoms with Crippen molar-refractivity contribution in [1.82, 2.24) is 0 Å². The van der Waals surface area contributed by atoms with Gasteiger partial charge in [0.15, 0.2) is 0 Å². The first-order valence-electron chi connectivity index (χ1n) is 0.908. The fraction of sp³-hybridized carbons (Fsp3) is 0.500. The quantitative estimate of drug-likeness (QED) is 0.353. The van der Waals surface area contributed by atoms with E-state index in [9.17, 15) is 0 Å². The molecule has 0 bridgehead atoms. The fourth-order valence-corrected chi connectivity index (χ4v) is 0. The standard InChI is InChI=1S/C2H4O2.Cu.2H2O/c1-2(3)4;;;/h1H3,(H,3,4);;2*1H2/q;+1;;/p-1. The van der Waals surface area contributed by atoms with E-state index in [4.69, 9.17) is 9.90 Å². The molecule has 4 nitrogen and oxygen atoms in total. The van der Waals surface area contributed by atoms with Crippen molar-refractivity contribution in [3.8, 4) is 0 Å². The average molecular weight is 159 g/mol. The number of aliphatic carboxylic acids is 1. The van der Waals surface area contributed by atoms with Crippen LogP contribution in [0.15, 0.2) is 0 Å². The number of carboxylic acids is 1. The third-order valence-corrected chi connectivity index (χ3v) is 0. The summed E-state index contributed by atoms with van der Waals surface area (Å²) in [4.78, 5) is 8.89. The molecule has 0 amide bonds. The summed E-state index contributed by atoms with van der Waals surface area (Å²) in [5.74, 6) is -1.08. The Morgan fingerprint density at radius 1 is 1.43 bits per heavy atom. The normalized spacial score (nSPS) is 3.57. The molecule has 0 radical (unpaired) electrons. The van der Waals surface area contributed by atoms with Crippen LogP contribution in [0.1, 0.15) is 6.92 Å². The Labute approximate surface area is 51.6 Å². The Hall–Kier alpha value is -0.0905. The molecule has 0 spiro atoms. The summed E-state index contributed by atoms with van der Waals surface area (Å²) in [6.07, 6.45) is 0. The second-order valence-corrected chi connectivity index (χ2v) is 0.492. The maximum absolute atomic E-state index is 8.89. The van der Waals surface area contributed by atoms with E-state index in [1.165, 1.54) is 0 Å². The summed E-state index contributed by atoms with van der Waals surface area (Å²) < 4.78 is 0. The van der Waals surface area contributed by atoms with Gasteiger partial charge in [-0.05, 0) is 6.92 Å². The number of carbonyl (C=O) groups excluding carboxylic acids is 1. The largest absolute Gasteiger partial charge is 1.00 e. The molecule has 0 aromatic carbocycles. The molecule has 0 rings (SSSR count). The number of rotatable bonds is 0. The van der Waals surface area contributed by atoms with Gasteiger partial charge in [-0.1, -0.05) is 0 Å². The predicted molar refractivity (Wildman–Crippen MR) is 17.9 cm³/mol. The van der Waals surface area contributed by atoms with Crippen molar-refractivity contribution >= 4 is 5.97 Å². The SMILES string of the molecule is CC(=O)[O-].O.O.[Cu+]. The topological polar surface area (TPSA) is 103 Å². The van der Waals surface area contributed by atoms with Crippen LogP contribution in [-0.4, -0.2) is 16.9 Å². The van der Waals surface area contributed by atoms with Crippen molar-refractivity contribution in [3.05, 3.63) is 0 Å². The van der Waals surface area contributed by atoms with Gasteiger partial charge < -0.3 is 20.9 Å². The zero-order chi connectivity index (χ0) is 3.58. The van der Waals surface area contributed by atoms with Crippen LogP contribution in [0.4, 0.5) is 0 Å². The van der Waals surface area contributed by atoms with Crippen LogP contribution in [0.3, 0.4) is 0 Å². The predicted octanol–water partition coefficient (Wildman–Crippen LogP) is -2.90. The minimum Gasteiger partial charge on any atom is -0.550 e. The van der Waals surface area contributed by atoms with E-state index in [2.05, 4.69) is 0 Å². The number of hydrogen-bond donors (Lipinski definition) is 0. The van der Waals surface area contributed by atoms with Gasteiger partial charge in [-0.2, -0.15) is 0 Å². The molecule has 0 atom stereocenters. The second kappa shape index (κ2) is 16.8. The zero-order valence-corrected chi connectivity index (χ0v) is 4.56. The molecule has 50 valence electrons. The first kappa shape index (κ1) is 28.5. The Bertz CT molecular complexity index is 32.7. The van der Waals surface area contributed by atoms with Crippen LogP contribution in [0.2, 0.25) is 0 Å². The van der Waals surface area contributed by atoms with E-state index in [1.807, 2.05) is 0 Å². The van der Waals surface area contributed by atoms with Crippen LogP contribution >= 0.6 is 0 Å². The van der Waals surface area contributed by atoms with E-state index < -0.39 is 5.97 Å². The molecule has 7 heavy (non-hydrogen) atoms. The van der Waals surface area contributed by atoms with E-state index in [0.29, 0.717) is 0 Å². The molecule has 4 N–H and O–H groups in total. The maximum atomic E-state index is 8.89. The van der Waals surface area contributed by atoms with E-state index >= 15 is 0 Å². The van der Waals surface area contributed by atoms with Crippen molar-refractivity contribution in [2.75, 3.05) is 0 Å². The van der Waals surface area contributed by atoms with Crippen molar-refractivity contribution in [3.63, 3.8) is 0 Å². The molecule has 0 saturated carbocycles. The third-order valence-electron chi connectivity index (χ3n) is 0. The molecule has 0 aromatic rings. The van der Waals surface area contributed by atoms with Crippen molar-refractivity contribution in [2.24, 2.45) is 0 Å². The van der Waals surface area contributed by atoms with Gasteiger partial charge in [0.2, 0.25) is 0 Å². The minimum atomic E-state index is -1.08.